The van der Waals surface area contributed by atoms with Gasteiger partial charge in [-0.25, -0.2) is 14.4 Å². The lowest BCUT2D eigenvalue weighted by atomic mass is 9.45. The van der Waals surface area contributed by atoms with Gasteiger partial charge in [0.1, 0.15) is 37.1 Å². The van der Waals surface area contributed by atoms with Gasteiger partial charge in [-0.15, -0.1) is 0 Å². The second kappa shape index (κ2) is 15.5. The molecule has 1 aliphatic heterocycles. The van der Waals surface area contributed by atoms with Crippen molar-refractivity contribution >= 4 is 99.6 Å². The molecule has 5 rings (SSSR count). The van der Waals surface area contributed by atoms with Crippen molar-refractivity contribution in [2.24, 2.45) is 22.7 Å². The van der Waals surface area contributed by atoms with Gasteiger partial charge in [0.2, 0.25) is 13.4 Å². The van der Waals surface area contributed by atoms with Gasteiger partial charge >= 0.3 is 24.2 Å². The van der Waals surface area contributed by atoms with Crippen LogP contribution in [0.1, 0.15) is 57.8 Å². The topological polar surface area (TPSA) is 190 Å². The quantitative estimate of drug-likeness (QED) is 0.175. The van der Waals surface area contributed by atoms with Crippen LogP contribution < -0.4 is 0 Å². The van der Waals surface area contributed by atoms with Gasteiger partial charge in [-0.2, -0.15) is 0 Å². The zero-order valence-corrected chi connectivity index (χ0v) is 34.5. The summed E-state index contributed by atoms with van der Waals surface area (Å²) in [5.41, 5.74) is -8.26. The Labute approximate surface area is 345 Å². The van der Waals surface area contributed by atoms with Crippen molar-refractivity contribution in [1.82, 2.24) is 0 Å². The highest BCUT2D eigenvalue weighted by Crippen LogP contribution is 2.65. The van der Waals surface area contributed by atoms with E-state index < -0.39 is 121 Å². The molecule has 1 saturated heterocycles. The lowest BCUT2D eigenvalue weighted by Gasteiger charge is -2.67. The third-order valence-electron chi connectivity index (χ3n) is 11.1. The Bertz CT molecular complexity index is 1740. The molecule has 2 unspecified atom stereocenters. The number of alkyl halides is 6. The second-order valence-corrected chi connectivity index (χ2v) is 19.8. The number of halogens is 6. The predicted molar refractivity (Wildman–Crippen MR) is 196 cm³/mol. The molecule has 55 heavy (non-hydrogen) atoms. The van der Waals surface area contributed by atoms with E-state index in [0.717, 1.165) is 6.92 Å². The number of esters is 2. The molecule has 14 nitrogen and oxygen atoms in total. The SMILES string of the molecule is CC(=O)O[C@@]12CO[C@@H]1C[C@H](OC(=O)OCC(Cl)(Cl)Cl)[C@@]1(C)C(=O)C(OC(=O)OCC(Cl)(Cl)Cl)=C3C(C)[C@@H](O)C[C@@](O)([C@@H](OC(=O)c4ccccc4)C12)C3(C)C. The Morgan fingerprint density at radius 1 is 0.927 bits per heavy atom. The summed E-state index contributed by atoms with van der Waals surface area (Å²) in [4.78, 5) is 69.2. The van der Waals surface area contributed by atoms with Crippen LogP contribution >= 0.6 is 69.6 Å². The molecule has 1 aromatic carbocycles. The Hall–Kier alpha value is -2.27. The predicted octanol–water partition coefficient (Wildman–Crippen LogP) is 6.35. The smallest absolute Gasteiger partial charge is 0.455 e. The number of fused-ring (bicyclic) bond motifs is 5. The van der Waals surface area contributed by atoms with E-state index in [-0.39, 0.29) is 24.2 Å². The number of ketones is 1. The van der Waals surface area contributed by atoms with Gasteiger partial charge in [0, 0.05) is 31.1 Å². The number of Topliss-reactive ketones (excluding diaryl/α,β-unsaturated/α-hetero) is 1. The monoisotopic (exact) mass is 892 g/mol. The van der Waals surface area contributed by atoms with E-state index in [2.05, 4.69) is 0 Å². The van der Waals surface area contributed by atoms with Gasteiger partial charge in [-0.3, -0.25) is 9.59 Å². The Balaban J connectivity index is 1.82. The van der Waals surface area contributed by atoms with Crippen molar-refractivity contribution in [1.29, 1.82) is 0 Å². The van der Waals surface area contributed by atoms with Crippen LogP contribution in [0.25, 0.3) is 0 Å². The molecule has 3 fully saturated rings. The number of rotatable bonds is 7. The second-order valence-electron chi connectivity index (χ2n) is 14.7. The molecule has 0 aromatic heterocycles. The van der Waals surface area contributed by atoms with Crippen LogP contribution in [0, 0.1) is 22.7 Å². The first-order valence-electron chi connectivity index (χ1n) is 16.9. The Morgan fingerprint density at radius 2 is 1.51 bits per heavy atom. The number of hydrogen-bond donors (Lipinski definition) is 2. The third-order valence-corrected chi connectivity index (χ3v) is 11.7. The molecule has 9 atom stereocenters. The van der Waals surface area contributed by atoms with Crippen LogP contribution in [0.2, 0.25) is 0 Å². The van der Waals surface area contributed by atoms with E-state index in [1.54, 1.807) is 18.2 Å². The molecule has 304 valence electrons. The molecule has 20 heteroatoms. The van der Waals surface area contributed by atoms with E-state index in [4.69, 9.17) is 103 Å². The molecule has 2 saturated carbocycles. The van der Waals surface area contributed by atoms with Crippen molar-refractivity contribution in [3.05, 3.63) is 47.2 Å². The van der Waals surface area contributed by atoms with Gasteiger partial charge < -0.3 is 43.4 Å². The molecule has 3 aliphatic carbocycles. The summed E-state index contributed by atoms with van der Waals surface area (Å²) in [5, 5.41) is 24.8. The van der Waals surface area contributed by atoms with Crippen LogP contribution in [-0.2, 0) is 42.7 Å². The molecule has 1 aromatic rings. The number of aliphatic hydroxyl groups excluding tert-OH is 1. The van der Waals surface area contributed by atoms with Crippen LogP contribution in [0.5, 0.6) is 0 Å². The van der Waals surface area contributed by atoms with Gasteiger partial charge in [-0.05, 0) is 24.6 Å². The van der Waals surface area contributed by atoms with Crippen LogP contribution in [-0.4, -0.2) is 103 Å². The van der Waals surface area contributed by atoms with E-state index in [1.165, 1.54) is 39.8 Å². The molecule has 4 aliphatic rings. The zero-order chi connectivity index (χ0) is 41.1. The molecular formula is C35H38Cl6O14. The average molecular weight is 895 g/mol. The molecule has 2 N–H and O–H groups in total. The van der Waals surface area contributed by atoms with Crippen molar-refractivity contribution in [2.75, 3.05) is 19.8 Å². The first-order chi connectivity index (χ1) is 25.3. The summed E-state index contributed by atoms with van der Waals surface area (Å²) in [5.74, 6) is -6.30. The van der Waals surface area contributed by atoms with Crippen LogP contribution in [0.4, 0.5) is 9.59 Å². The van der Waals surface area contributed by atoms with Gasteiger partial charge in [0.15, 0.2) is 11.4 Å². The summed E-state index contributed by atoms with van der Waals surface area (Å²) in [7, 11) is 0. The fraction of sp³-hybridized carbons (Fsp3) is 0.629. The minimum absolute atomic E-state index is 0.0436. The molecule has 0 spiro atoms. The highest BCUT2D eigenvalue weighted by molar-refractivity contribution is 6.68. The minimum Gasteiger partial charge on any atom is -0.455 e. The largest absolute Gasteiger partial charge is 0.514 e. The number of carbonyl (C=O) groups excluding carboxylic acids is 5. The van der Waals surface area contributed by atoms with Crippen molar-refractivity contribution < 1.29 is 67.3 Å². The summed E-state index contributed by atoms with van der Waals surface area (Å²) < 4.78 is 35.5. The Morgan fingerprint density at radius 3 is 2.04 bits per heavy atom. The van der Waals surface area contributed by atoms with E-state index >= 15 is 4.79 Å². The normalized spacial score (nSPS) is 34.0. The number of allylic oxidation sites excluding steroid dienone is 1. The summed E-state index contributed by atoms with van der Waals surface area (Å²) in [6.07, 6.45) is -9.86. The maximum absolute atomic E-state index is 15.6. The summed E-state index contributed by atoms with van der Waals surface area (Å²) in [6.45, 7) is 4.94. The summed E-state index contributed by atoms with van der Waals surface area (Å²) >= 11 is 34.7. The number of hydrogen-bond acceptors (Lipinski definition) is 14. The fourth-order valence-electron chi connectivity index (χ4n) is 8.44. The van der Waals surface area contributed by atoms with E-state index in [9.17, 15) is 29.4 Å². The lowest BCUT2D eigenvalue weighted by Crippen LogP contribution is -2.81. The number of aliphatic hydroxyl groups is 2. The lowest BCUT2D eigenvalue weighted by molar-refractivity contribution is -0.345. The number of ether oxygens (including phenoxy) is 7. The molecular weight excluding hydrogens is 857 g/mol. The standard InChI is InChI=1S/C35H38Cl6O14/c1-16-19(43)12-33(48)26(54-27(45)18-9-7-6-8-10-18)24-31(5,25(44)23(22(16)30(33,3)4)53-29(47)51-15-35(39,40)41)20(52-28(46)50-14-34(36,37)38)11-21-32(24,13-49-21)55-17(2)42/h6-10,16,19-21,24,26,43,48H,11-15H2,1-5H3/t16?,19-,20-,21+,24?,26-,31+,32-,33+/m0/s1. The van der Waals surface area contributed by atoms with Gasteiger partial charge in [0.05, 0.1) is 29.6 Å². The number of carbonyl (C=O) groups is 5. The highest BCUT2D eigenvalue weighted by atomic mass is 35.6. The first kappa shape index (κ1) is 43.8. The van der Waals surface area contributed by atoms with Gasteiger partial charge in [0.25, 0.3) is 0 Å². The first-order valence-corrected chi connectivity index (χ1v) is 19.1. The highest BCUT2D eigenvalue weighted by Gasteiger charge is 2.78. The van der Waals surface area contributed by atoms with Crippen LogP contribution in [0.15, 0.2) is 41.7 Å². The molecule has 2 bridgehead atoms. The fourth-order valence-corrected chi connectivity index (χ4v) is 8.77. The average Bonchev–Trinajstić information content (AvgIpc) is 3.07. The van der Waals surface area contributed by atoms with Crippen molar-refractivity contribution in [2.45, 2.75) is 90.7 Å². The Kier molecular flexibility index (Phi) is 12.3. The zero-order valence-electron chi connectivity index (χ0n) is 29.9. The molecule has 0 amide bonds. The maximum atomic E-state index is 15.6. The minimum atomic E-state index is -2.37. The molecule has 1 heterocycles. The van der Waals surface area contributed by atoms with Gasteiger partial charge in [-0.1, -0.05) is 109 Å². The molecule has 0 radical (unpaired) electrons. The maximum Gasteiger partial charge on any atom is 0.514 e. The van der Waals surface area contributed by atoms with Crippen LogP contribution in [0.3, 0.4) is 0 Å². The number of benzene rings is 1. The van der Waals surface area contributed by atoms with Crippen molar-refractivity contribution in [3.8, 4) is 0 Å². The van der Waals surface area contributed by atoms with E-state index in [0.29, 0.717) is 0 Å². The third kappa shape index (κ3) is 8.22. The van der Waals surface area contributed by atoms with Crippen molar-refractivity contribution in [3.63, 3.8) is 0 Å². The van der Waals surface area contributed by atoms with E-state index in [1.807, 2.05) is 0 Å². The summed E-state index contributed by atoms with van der Waals surface area (Å²) in [6, 6.07) is 7.71.